The Morgan fingerprint density at radius 3 is 2.35 bits per heavy atom. The van der Waals surface area contributed by atoms with Crippen molar-refractivity contribution < 1.29 is 0 Å². The standard InChI is InChI=1S/C14H29N3/c1-12(2)17-9-6-13(7-10-17)16(3)14-5-4-8-15-11-14/h12-15H,4-11H2,1-3H3. The van der Waals surface area contributed by atoms with Gasteiger partial charge in [0.2, 0.25) is 0 Å². The topological polar surface area (TPSA) is 18.5 Å². The fourth-order valence-corrected chi connectivity index (χ4v) is 3.29. The lowest BCUT2D eigenvalue weighted by Crippen LogP contribution is -2.52. The van der Waals surface area contributed by atoms with Crippen molar-refractivity contribution in [3.05, 3.63) is 0 Å². The van der Waals surface area contributed by atoms with E-state index >= 15 is 0 Å². The predicted octanol–water partition coefficient (Wildman–Crippen LogP) is 1.54. The highest BCUT2D eigenvalue weighted by Crippen LogP contribution is 2.21. The van der Waals surface area contributed by atoms with Crippen LogP contribution in [-0.2, 0) is 0 Å². The number of likely N-dealkylation sites (N-methyl/N-ethyl adjacent to an activating group) is 1. The van der Waals surface area contributed by atoms with Crippen molar-refractivity contribution in [1.82, 2.24) is 15.1 Å². The molecule has 100 valence electrons. The van der Waals surface area contributed by atoms with E-state index in [2.05, 4.69) is 36.0 Å². The molecule has 2 aliphatic rings. The van der Waals surface area contributed by atoms with Gasteiger partial charge in [0.25, 0.3) is 0 Å². The van der Waals surface area contributed by atoms with Gasteiger partial charge in [-0.1, -0.05) is 0 Å². The molecule has 3 heteroatoms. The van der Waals surface area contributed by atoms with Crippen LogP contribution < -0.4 is 5.32 Å². The maximum Gasteiger partial charge on any atom is 0.0221 e. The van der Waals surface area contributed by atoms with Gasteiger partial charge in [0.15, 0.2) is 0 Å². The molecule has 1 N–H and O–H groups in total. The molecule has 1 unspecified atom stereocenters. The number of hydrogen-bond donors (Lipinski definition) is 1. The summed E-state index contributed by atoms with van der Waals surface area (Å²) < 4.78 is 0. The third-order valence-electron chi connectivity index (χ3n) is 4.65. The smallest absolute Gasteiger partial charge is 0.0221 e. The first-order valence-corrected chi connectivity index (χ1v) is 7.35. The van der Waals surface area contributed by atoms with E-state index in [0.717, 1.165) is 18.1 Å². The zero-order chi connectivity index (χ0) is 12.3. The summed E-state index contributed by atoms with van der Waals surface area (Å²) in [5.74, 6) is 0. The highest BCUT2D eigenvalue weighted by Gasteiger charge is 2.28. The van der Waals surface area contributed by atoms with Crippen LogP contribution in [0.3, 0.4) is 0 Å². The second-order valence-corrected chi connectivity index (χ2v) is 6.03. The summed E-state index contributed by atoms with van der Waals surface area (Å²) in [4.78, 5) is 5.27. The molecule has 0 aromatic rings. The minimum atomic E-state index is 0.720. The average Bonchev–Trinajstić information content (AvgIpc) is 2.39. The van der Waals surface area contributed by atoms with Gasteiger partial charge in [-0.05, 0) is 66.2 Å². The van der Waals surface area contributed by atoms with E-state index in [1.54, 1.807) is 0 Å². The first-order chi connectivity index (χ1) is 8.18. The molecule has 0 amide bonds. The maximum atomic E-state index is 3.53. The molecule has 1 atom stereocenters. The van der Waals surface area contributed by atoms with Gasteiger partial charge in [0.1, 0.15) is 0 Å². The first-order valence-electron chi connectivity index (χ1n) is 7.35. The molecule has 2 heterocycles. The molecule has 2 aliphatic heterocycles. The van der Waals surface area contributed by atoms with Crippen LogP contribution in [-0.4, -0.2) is 61.2 Å². The average molecular weight is 239 g/mol. The van der Waals surface area contributed by atoms with E-state index in [1.807, 2.05) is 0 Å². The van der Waals surface area contributed by atoms with Crippen molar-refractivity contribution in [2.75, 3.05) is 33.2 Å². The Kier molecular flexibility index (Phi) is 4.83. The van der Waals surface area contributed by atoms with E-state index in [9.17, 15) is 0 Å². The van der Waals surface area contributed by atoms with Crippen LogP contribution in [0.25, 0.3) is 0 Å². The molecule has 0 aliphatic carbocycles. The Bertz CT molecular complexity index is 216. The van der Waals surface area contributed by atoms with Crippen molar-refractivity contribution in [2.24, 2.45) is 0 Å². The van der Waals surface area contributed by atoms with Gasteiger partial charge in [0, 0.05) is 24.7 Å². The summed E-state index contributed by atoms with van der Waals surface area (Å²) in [6.45, 7) is 9.61. The number of likely N-dealkylation sites (tertiary alicyclic amines) is 1. The molecule has 2 rings (SSSR count). The number of piperidine rings is 2. The van der Waals surface area contributed by atoms with Crippen molar-refractivity contribution in [3.8, 4) is 0 Å². The fourth-order valence-electron chi connectivity index (χ4n) is 3.29. The molecule has 0 saturated carbocycles. The highest BCUT2D eigenvalue weighted by atomic mass is 15.2. The lowest BCUT2D eigenvalue weighted by Gasteiger charge is -2.42. The van der Waals surface area contributed by atoms with Gasteiger partial charge >= 0.3 is 0 Å². The van der Waals surface area contributed by atoms with Crippen LogP contribution in [0, 0.1) is 0 Å². The first kappa shape index (κ1) is 13.3. The molecule has 2 saturated heterocycles. The van der Waals surface area contributed by atoms with Crippen LogP contribution in [0.4, 0.5) is 0 Å². The zero-order valence-electron chi connectivity index (χ0n) is 11.8. The summed E-state index contributed by atoms with van der Waals surface area (Å²) >= 11 is 0. The van der Waals surface area contributed by atoms with Gasteiger partial charge in [-0.2, -0.15) is 0 Å². The van der Waals surface area contributed by atoms with E-state index in [1.165, 1.54) is 51.9 Å². The largest absolute Gasteiger partial charge is 0.315 e. The number of nitrogens with zero attached hydrogens (tertiary/aromatic N) is 2. The number of rotatable bonds is 3. The number of nitrogens with one attached hydrogen (secondary N) is 1. The van der Waals surface area contributed by atoms with Gasteiger partial charge in [-0.3, -0.25) is 4.90 Å². The van der Waals surface area contributed by atoms with Crippen molar-refractivity contribution in [2.45, 2.75) is 57.7 Å². The van der Waals surface area contributed by atoms with Gasteiger partial charge in [-0.15, -0.1) is 0 Å². The summed E-state index contributed by atoms with van der Waals surface area (Å²) in [5, 5.41) is 3.53. The molecule has 3 nitrogen and oxygen atoms in total. The monoisotopic (exact) mass is 239 g/mol. The van der Waals surface area contributed by atoms with E-state index in [0.29, 0.717) is 0 Å². The van der Waals surface area contributed by atoms with Gasteiger partial charge in [0.05, 0.1) is 0 Å². The van der Waals surface area contributed by atoms with Gasteiger partial charge in [-0.25, -0.2) is 0 Å². The van der Waals surface area contributed by atoms with Gasteiger partial charge < -0.3 is 10.2 Å². The Balaban J connectivity index is 1.79. The second-order valence-electron chi connectivity index (χ2n) is 6.03. The maximum absolute atomic E-state index is 3.53. The van der Waals surface area contributed by atoms with Crippen molar-refractivity contribution in [3.63, 3.8) is 0 Å². The lowest BCUT2D eigenvalue weighted by molar-refractivity contribution is 0.0736. The molecule has 2 fully saturated rings. The predicted molar refractivity (Wildman–Crippen MR) is 73.4 cm³/mol. The van der Waals surface area contributed by atoms with Crippen LogP contribution in [0.1, 0.15) is 39.5 Å². The second kappa shape index (κ2) is 6.17. The quantitative estimate of drug-likeness (QED) is 0.806. The van der Waals surface area contributed by atoms with Crippen LogP contribution in [0.2, 0.25) is 0 Å². The lowest BCUT2D eigenvalue weighted by atomic mass is 9.98. The van der Waals surface area contributed by atoms with E-state index in [-0.39, 0.29) is 0 Å². The fraction of sp³-hybridized carbons (Fsp3) is 1.00. The minimum Gasteiger partial charge on any atom is -0.315 e. The highest BCUT2D eigenvalue weighted by molar-refractivity contribution is 4.85. The van der Waals surface area contributed by atoms with E-state index in [4.69, 9.17) is 0 Å². The third kappa shape index (κ3) is 3.43. The summed E-state index contributed by atoms with van der Waals surface area (Å²) in [6, 6.07) is 2.31. The van der Waals surface area contributed by atoms with Crippen LogP contribution in [0.5, 0.6) is 0 Å². The van der Waals surface area contributed by atoms with Crippen molar-refractivity contribution >= 4 is 0 Å². The Labute approximate surface area is 107 Å². The van der Waals surface area contributed by atoms with Crippen LogP contribution >= 0.6 is 0 Å². The molecule has 0 spiro atoms. The SMILES string of the molecule is CC(C)N1CCC(N(C)C2CCCNC2)CC1. The Morgan fingerprint density at radius 1 is 1.12 bits per heavy atom. The molecule has 0 bridgehead atoms. The molecule has 0 aromatic heterocycles. The normalized spacial score (nSPS) is 29.1. The van der Waals surface area contributed by atoms with Crippen molar-refractivity contribution in [1.29, 1.82) is 0 Å². The molecule has 17 heavy (non-hydrogen) atoms. The summed E-state index contributed by atoms with van der Waals surface area (Å²) in [7, 11) is 2.34. The summed E-state index contributed by atoms with van der Waals surface area (Å²) in [6.07, 6.45) is 5.43. The zero-order valence-corrected chi connectivity index (χ0v) is 11.8. The minimum absolute atomic E-state index is 0.720. The Morgan fingerprint density at radius 2 is 1.82 bits per heavy atom. The van der Waals surface area contributed by atoms with Crippen LogP contribution in [0.15, 0.2) is 0 Å². The third-order valence-corrected chi connectivity index (χ3v) is 4.65. The molecular weight excluding hydrogens is 210 g/mol. The number of hydrogen-bond acceptors (Lipinski definition) is 3. The summed E-state index contributed by atoms with van der Waals surface area (Å²) in [5.41, 5.74) is 0. The molecule has 0 radical (unpaired) electrons. The Hall–Kier alpha value is -0.120. The molecular formula is C14H29N3. The molecule has 0 aromatic carbocycles. The van der Waals surface area contributed by atoms with E-state index < -0.39 is 0 Å².